The molecule has 34 heavy (non-hydrogen) atoms. The van der Waals surface area contributed by atoms with Crippen LogP contribution in [0, 0.1) is 0 Å². The van der Waals surface area contributed by atoms with Gasteiger partial charge in [-0.25, -0.2) is 9.78 Å². The van der Waals surface area contributed by atoms with E-state index in [9.17, 15) is 9.59 Å². The molecular weight excluding hydrogens is 477 g/mol. The molecule has 0 unspecified atom stereocenters. The van der Waals surface area contributed by atoms with Crippen LogP contribution < -0.4 is 15.4 Å². The molecule has 1 fully saturated rings. The highest BCUT2D eigenvalue weighted by Gasteiger charge is 2.24. The fraction of sp³-hybridized carbons (Fsp3) is 0.375. The lowest BCUT2D eigenvalue weighted by atomic mass is 10.0. The number of carbonyl (C=O) groups excluding carboxylic acids is 2. The van der Waals surface area contributed by atoms with Crippen molar-refractivity contribution in [3.8, 4) is 5.88 Å². The van der Waals surface area contributed by atoms with Gasteiger partial charge in [0.05, 0.1) is 10.5 Å². The zero-order valence-corrected chi connectivity index (χ0v) is 20.6. The number of likely N-dealkylation sites (tertiary alicyclic amines) is 1. The molecule has 1 saturated heterocycles. The van der Waals surface area contributed by atoms with E-state index in [1.54, 1.807) is 41.0 Å². The van der Waals surface area contributed by atoms with E-state index in [2.05, 4.69) is 34.4 Å². The molecule has 180 valence electrons. The van der Waals surface area contributed by atoms with Crippen LogP contribution in [-0.4, -0.2) is 51.6 Å². The molecule has 0 radical (unpaired) electrons. The van der Waals surface area contributed by atoms with Crippen molar-refractivity contribution in [1.82, 2.24) is 19.8 Å². The molecule has 0 atom stereocenters. The van der Waals surface area contributed by atoms with Gasteiger partial charge in [0, 0.05) is 47.8 Å². The number of pyridine rings is 1. The van der Waals surface area contributed by atoms with Crippen LogP contribution in [0.3, 0.4) is 0 Å². The summed E-state index contributed by atoms with van der Waals surface area (Å²) in [6.45, 7) is 6.13. The van der Waals surface area contributed by atoms with Crippen molar-refractivity contribution in [2.75, 3.05) is 18.4 Å². The third kappa shape index (κ3) is 6.00. The summed E-state index contributed by atoms with van der Waals surface area (Å²) in [6, 6.07) is 10.8. The van der Waals surface area contributed by atoms with E-state index in [1.165, 1.54) is 6.20 Å². The van der Waals surface area contributed by atoms with Crippen LogP contribution in [0.4, 0.5) is 10.6 Å². The molecule has 1 aromatic carbocycles. The molecule has 2 N–H and O–H groups in total. The fourth-order valence-corrected chi connectivity index (χ4v) is 4.38. The SMILES string of the molecule is CC(C)N1CCC(NC(=O)Oc2cc3cc(Cl)ccc3n2CC(=O)Nc2ccc(Cl)cn2)CC1. The number of piperidine rings is 1. The first-order valence-electron chi connectivity index (χ1n) is 11.2. The minimum atomic E-state index is -0.544. The molecule has 2 aromatic heterocycles. The van der Waals surface area contributed by atoms with E-state index in [0.717, 1.165) is 36.8 Å². The van der Waals surface area contributed by atoms with E-state index in [-0.39, 0.29) is 24.4 Å². The lowest BCUT2D eigenvalue weighted by molar-refractivity contribution is -0.116. The third-order valence-electron chi connectivity index (χ3n) is 5.90. The van der Waals surface area contributed by atoms with Gasteiger partial charge in [-0.2, -0.15) is 0 Å². The smallest absolute Gasteiger partial charge is 0.393 e. The Balaban J connectivity index is 1.47. The summed E-state index contributed by atoms with van der Waals surface area (Å²) in [4.78, 5) is 31.9. The number of nitrogens with zero attached hydrogens (tertiary/aromatic N) is 3. The minimum Gasteiger partial charge on any atom is -0.393 e. The van der Waals surface area contributed by atoms with Crippen molar-refractivity contribution < 1.29 is 14.3 Å². The van der Waals surface area contributed by atoms with E-state index in [4.69, 9.17) is 27.9 Å². The van der Waals surface area contributed by atoms with Crippen LogP contribution in [0.2, 0.25) is 10.0 Å². The molecule has 3 aromatic rings. The van der Waals surface area contributed by atoms with Crippen LogP contribution in [0.15, 0.2) is 42.6 Å². The summed E-state index contributed by atoms with van der Waals surface area (Å²) in [5, 5.41) is 7.47. The summed E-state index contributed by atoms with van der Waals surface area (Å²) < 4.78 is 7.29. The normalized spacial score (nSPS) is 15.0. The Labute approximate surface area is 208 Å². The summed E-state index contributed by atoms with van der Waals surface area (Å²) in [7, 11) is 0. The monoisotopic (exact) mass is 503 g/mol. The predicted molar refractivity (Wildman–Crippen MR) is 134 cm³/mol. The molecule has 8 nitrogen and oxygen atoms in total. The molecule has 4 rings (SSSR count). The van der Waals surface area contributed by atoms with Gasteiger partial charge in [-0.15, -0.1) is 0 Å². The first-order chi connectivity index (χ1) is 16.3. The molecule has 0 bridgehead atoms. The summed E-state index contributed by atoms with van der Waals surface area (Å²) in [6.07, 6.45) is 2.64. The van der Waals surface area contributed by atoms with Gasteiger partial charge in [0.1, 0.15) is 12.4 Å². The van der Waals surface area contributed by atoms with E-state index < -0.39 is 6.09 Å². The van der Waals surface area contributed by atoms with Crippen molar-refractivity contribution in [2.45, 2.75) is 45.3 Å². The lowest BCUT2D eigenvalue weighted by Crippen LogP contribution is -2.47. The molecular formula is C24H27Cl2N5O3. The van der Waals surface area contributed by atoms with Crippen molar-refractivity contribution in [3.63, 3.8) is 0 Å². The molecule has 1 aliphatic rings. The average molecular weight is 504 g/mol. The molecule has 0 spiro atoms. The summed E-state index contributed by atoms with van der Waals surface area (Å²) in [5.41, 5.74) is 0.719. The second-order valence-electron chi connectivity index (χ2n) is 8.62. The molecule has 10 heteroatoms. The van der Waals surface area contributed by atoms with Gasteiger partial charge in [0.15, 0.2) is 0 Å². The Bertz CT molecular complexity index is 1170. The second kappa shape index (κ2) is 10.6. The van der Waals surface area contributed by atoms with E-state index >= 15 is 0 Å². The topological polar surface area (TPSA) is 88.5 Å². The second-order valence-corrected chi connectivity index (χ2v) is 9.49. The van der Waals surface area contributed by atoms with Crippen LogP contribution >= 0.6 is 23.2 Å². The third-order valence-corrected chi connectivity index (χ3v) is 6.36. The van der Waals surface area contributed by atoms with Gasteiger partial charge < -0.3 is 24.8 Å². The number of ether oxygens (including phenoxy) is 1. The van der Waals surface area contributed by atoms with Gasteiger partial charge in [-0.1, -0.05) is 23.2 Å². The van der Waals surface area contributed by atoms with Gasteiger partial charge in [-0.3, -0.25) is 4.79 Å². The first kappa shape index (κ1) is 24.3. The zero-order valence-electron chi connectivity index (χ0n) is 19.1. The molecule has 3 heterocycles. The number of hydrogen-bond donors (Lipinski definition) is 2. The maximum absolute atomic E-state index is 12.7. The number of amides is 2. The zero-order chi connectivity index (χ0) is 24.2. The van der Waals surface area contributed by atoms with Crippen molar-refractivity contribution in [1.29, 1.82) is 0 Å². The summed E-state index contributed by atoms with van der Waals surface area (Å²) in [5.74, 6) is 0.309. The predicted octanol–water partition coefficient (Wildman–Crippen LogP) is 4.94. The number of nitrogens with one attached hydrogen (secondary N) is 2. The maximum Gasteiger partial charge on any atom is 0.414 e. The van der Waals surface area contributed by atoms with Crippen LogP contribution in [0.25, 0.3) is 10.9 Å². The van der Waals surface area contributed by atoms with Crippen LogP contribution in [0.5, 0.6) is 5.88 Å². The quantitative estimate of drug-likeness (QED) is 0.497. The number of carbonyl (C=O) groups is 2. The molecule has 2 amide bonds. The summed E-state index contributed by atoms with van der Waals surface area (Å²) >= 11 is 12.0. The van der Waals surface area contributed by atoms with E-state index in [0.29, 0.717) is 21.9 Å². The Kier molecular flexibility index (Phi) is 7.60. The average Bonchev–Trinajstić information content (AvgIpc) is 3.11. The Morgan fingerprint density at radius 3 is 2.53 bits per heavy atom. The van der Waals surface area contributed by atoms with Crippen molar-refractivity contribution in [2.24, 2.45) is 0 Å². The number of halogens is 2. The number of aromatic nitrogens is 2. The Morgan fingerprint density at radius 2 is 1.85 bits per heavy atom. The van der Waals surface area contributed by atoms with Gasteiger partial charge in [-0.05, 0) is 57.0 Å². The first-order valence-corrected chi connectivity index (χ1v) is 12.0. The molecule has 0 saturated carbocycles. The molecule has 1 aliphatic heterocycles. The highest BCUT2D eigenvalue weighted by molar-refractivity contribution is 6.31. The largest absolute Gasteiger partial charge is 0.414 e. The maximum atomic E-state index is 12.7. The Hall–Kier alpha value is -2.81. The van der Waals surface area contributed by atoms with Crippen molar-refractivity contribution in [3.05, 3.63) is 52.6 Å². The minimum absolute atomic E-state index is 0.0500. The standard InChI is InChI=1S/C24H27Cl2N5O3/c1-15(2)30-9-7-19(8-10-30)28-24(33)34-23-12-16-11-17(25)3-5-20(16)31(23)14-22(32)29-21-6-4-18(26)13-27-21/h3-6,11-13,15,19H,7-10,14H2,1-2H3,(H,28,33)(H,27,29,32). The van der Waals surface area contributed by atoms with Crippen molar-refractivity contribution >= 4 is 51.9 Å². The number of rotatable bonds is 6. The number of benzene rings is 1. The van der Waals surface area contributed by atoms with Crippen LogP contribution in [-0.2, 0) is 11.3 Å². The Morgan fingerprint density at radius 1 is 1.12 bits per heavy atom. The van der Waals surface area contributed by atoms with E-state index in [1.807, 2.05) is 0 Å². The van der Waals surface area contributed by atoms with Crippen LogP contribution in [0.1, 0.15) is 26.7 Å². The lowest BCUT2D eigenvalue weighted by Gasteiger charge is -2.34. The molecule has 0 aliphatic carbocycles. The highest BCUT2D eigenvalue weighted by Crippen LogP contribution is 2.28. The number of anilines is 1. The number of hydrogen-bond acceptors (Lipinski definition) is 5. The number of fused-ring (bicyclic) bond motifs is 1. The van der Waals surface area contributed by atoms with Gasteiger partial charge >= 0.3 is 6.09 Å². The highest BCUT2D eigenvalue weighted by atomic mass is 35.5. The fourth-order valence-electron chi connectivity index (χ4n) is 4.09. The van der Waals surface area contributed by atoms with Gasteiger partial charge in [0.2, 0.25) is 11.8 Å². The van der Waals surface area contributed by atoms with Gasteiger partial charge in [0.25, 0.3) is 0 Å².